The summed E-state index contributed by atoms with van der Waals surface area (Å²) in [5.74, 6) is 2.50. The molecule has 0 unspecified atom stereocenters. The van der Waals surface area contributed by atoms with Crippen molar-refractivity contribution in [2.75, 3.05) is 36.0 Å². The molecule has 1 aliphatic heterocycles. The van der Waals surface area contributed by atoms with Crippen molar-refractivity contribution in [3.05, 3.63) is 47.4 Å². The lowest BCUT2D eigenvalue weighted by Crippen LogP contribution is -2.47. The van der Waals surface area contributed by atoms with E-state index < -0.39 is 0 Å². The van der Waals surface area contributed by atoms with Crippen LogP contribution in [0.3, 0.4) is 0 Å². The van der Waals surface area contributed by atoms with Crippen LogP contribution in [0.5, 0.6) is 0 Å². The van der Waals surface area contributed by atoms with Gasteiger partial charge in [-0.2, -0.15) is 15.9 Å². The molecule has 0 bridgehead atoms. The summed E-state index contributed by atoms with van der Waals surface area (Å²) in [5.41, 5.74) is 1.80. The predicted molar refractivity (Wildman–Crippen MR) is 101 cm³/mol. The second-order valence-corrected chi connectivity index (χ2v) is 6.80. The number of nitrogens with zero attached hydrogens (tertiary/aromatic N) is 8. The topological polar surface area (TPSA) is 75.3 Å². The molecule has 0 spiro atoms. The molecule has 0 atom stereocenters. The Morgan fingerprint density at radius 3 is 2.46 bits per heavy atom. The Balaban J connectivity index is 1.39. The van der Waals surface area contributed by atoms with Gasteiger partial charge in [-0.05, 0) is 29.6 Å². The number of hydrogen-bond donors (Lipinski definition) is 0. The molecule has 26 heavy (non-hydrogen) atoms. The number of hydrogen-bond acceptors (Lipinski definition) is 8. The van der Waals surface area contributed by atoms with Crippen molar-refractivity contribution >= 4 is 28.8 Å². The molecule has 0 N–H and O–H groups in total. The van der Waals surface area contributed by atoms with Crippen LogP contribution >= 0.6 is 11.3 Å². The van der Waals surface area contributed by atoms with Gasteiger partial charge >= 0.3 is 0 Å². The molecule has 5 rings (SSSR count). The standard InChI is InChI=1S/C17H16N8S/c1-5-18-17(19-6-1)24-9-7-23(8-10-24)15-3-2-14-20-21-16(25(14)22-15)13-4-11-26-12-13/h1-6,11-12H,7-10H2. The molecule has 0 saturated carbocycles. The molecule has 5 heterocycles. The third kappa shape index (κ3) is 2.66. The minimum atomic E-state index is 0.756. The summed E-state index contributed by atoms with van der Waals surface area (Å²) in [6, 6.07) is 7.85. The summed E-state index contributed by atoms with van der Waals surface area (Å²) in [5, 5.41) is 17.4. The van der Waals surface area contributed by atoms with Crippen molar-refractivity contribution in [2.45, 2.75) is 0 Å². The van der Waals surface area contributed by atoms with Crippen molar-refractivity contribution in [3.8, 4) is 11.4 Å². The fourth-order valence-electron chi connectivity index (χ4n) is 3.11. The highest BCUT2D eigenvalue weighted by atomic mass is 32.1. The first kappa shape index (κ1) is 15.2. The molecular weight excluding hydrogens is 348 g/mol. The van der Waals surface area contributed by atoms with Crippen molar-refractivity contribution in [3.63, 3.8) is 0 Å². The average Bonchev–Trinajstić information content (AvgIpc) is 3.38. The van der Waals surface area contributed by atoms with E-state index in [1.165, 1.54) is 0 Å². The fraction of sp³-hybridized carbons (Fsp3) is 0.235. The molecule has 1 saturated heterocycles. The highest BCUT2D eigenvalue weighted by molar-refractivity contribution is 7.08. The third-order valence-electron chi connectivity index (χ3n) is 4.47. The Morgan fingerprint density at radius 1 is 0.885 bits per heavy atom. The summed E-state index contributed by atoms with van der Waals surface area (Å²) < 4.78 is 1.82. The number of rotatable bonds is 3. The molecule has 0 amide bonds. The average molecular weight is 364 g/mol. The van der Waals surface area contributed by atoms with Gasteiger partial charge in [-0.1, -0.05) is 0 Å². The van der Waals surface area contributed by atoms with Crippen molar-refractivity contribution < 1.29 is 0 Å². The Hall–Kier alpha value is -3.07. The van der Waals surface area contributed by atoms with Gasteiger partial charge in [0.15, 0.2) is 11.5 Å². The first-order valence-electron chi connectivity index (χ1n) is 8.40. The smallest absolute Gasteiger partial charge is 0.225 e. The van der Waals surface area contributed by atoms with Crippen molar-refractivity contribution in [1.82, 2.24) is 29.8 Å². The summed E-state index contributed by atoms with van der Waals surface area (Å²) >= 11 is 1.64. The lowest BCUT2D eigenvalue weighted by Gasteiger charge is -2.35. The Morgan fingerprint density at radius 2 is 1.69 bits per heavy atom. The van der Waals surface area contributed by atoms with E-state index in [1.54, 1.807) is 23.7 Å². The number of aromatic nitrogens is 6. The van der Waals surface area contributed by atoms with Gasteiger partial charge in [0.25, 0.3) is 0 Å². The van der Waals surface area contributed by atoms with Crippen LogP contribution in [0.1, 0.15) is 0 Å². The zero-order valence-corrected chi connectivity index (χ0v) is 14.7. The molecule has 9 heteroatoms. The van der Waals surface area contributed by atoms with Gasteiger partial charge in [-0.3, -0.25) is 0 Å². The molecule has 8 nitrogen and oxygen atoms in total. The maximum atomic E-state index is 4.79. The lowest BCUT2D eigenvalue weighted by atomic mass is 10.3. The Kier molecular flexibility index (Phi) is 3.71. The maximum absolute atomic E-state index is 4.79. The van der Waals surface area contributed by atoms with E-state index in [0.717, 1.165) is 55.0 Å². The molecule has 130 valence electrons. The van der Waals surface area contributed by atoms with E-state index >= 15 is 0 Å². The Labute approximate surface area is 153 Å². The second-order valence-electron chi connectivity index (χ2n) is 6.02. The highest BCUT2D eigenvalue weighted by Crippen LogP contribution is 2.22. The van der Waals surface area contributed by atoms with E-state index in [1.807, 2.05) is 34.2 Å². The second kappa shape index (κ2) is 6.34. The van der Waals surface area contributed by atoms with Crippen LogP contribution in [0, 0.1) is 0 Å². The minimum absolute atomic E-state index is 0.756. The molecule has 0 aromatic carbocycles. The number of thiophene rings is 1. The zero-order valence-electron chi connectivity index (χ0n) is 13.9. The van der Waals surface area contributed by atoms with Gasteiger partial charge in [-0.25, -0.2) is 9.97 Å². The van der Waals surface area contributed by atoms with E-state index in [2.05, 4.69) is 35.3 Å². The zero-order chi connectivity index (χ0) is 17.3. The van der Waals surface area contributed by atoms with E-state index in [4.69, 9.17) is 5.10 Å². The van der Waals surface area contributed by atoms with E-state index in [9.17, 15) is 0 Å². The summed E-state index contributed by atoms with van der Waals surface area (Å²) in [6.45, 7) is 3.46. The molecule has 0 aliphatic carbocycles. The van der Waals surface area contributed by atoms with Gasteiger partial charge in [-0.15, -0.1) is 15.3 Å². The monoisotopic (exact) mass is 364 g/mol. The molecule has 4 aromatic heterocycles. The SMILES string of the molecule is c1cnc(N2CCN(c3ccc4nnc(-c5ccsc5)n4n3)CC2)nc1. The van der Waals surface area contributed by atoms with Crippen LogP contribution in [-0.2, 0) is 0 Å². The van der Waals surface area contributed by atoms with Crippen LogP contribution in [0.4, 0.5) is 11.8 Å². The lowest BCUT2D eigenvalue weighted by molar-refractivity contribution is 0.630. The molecule has 0 radical (unpaired) electrons. The predicted octanol–water partition coefficient (Wildman–Crippen LogP) is 1.97. The number of fused-ring (bicyclic) bond motifs is 1. The highest BCUT2D eigenvalue weighted by Gasteiger charge is 2.21. The molecular formula is C17H16N8S. The van der Waals surface area contributed by atoms with Gasteiger partial charge < -0.3 is 9.80 Å². The minimum Gasteiger partial charge on any atom is -0.352 e. The Bertz CT molecular complexity index is 1010. The first-order valence-corrected chi connectivity index (χ1v) is 9.35. The third-order valence-corrected chi connectivity index (χ3v) is 5.15. The van der Waals surface area contributed by atoms with E-state index in [-0.39, 0.29) is 0 Å². The number of piperazine rings is 1. The maximum Gasteiger partial charge on any atom is 0.225 e. The van der Waals surface area contributed by atoms with Crippen LogP contribution in [0.15, 0.2) is 47.4 Å². The number of anilines is 2. The molecule has 1 fully saturated rings. The van der Waals surface area contributed by atoms with Crippen LogP contribution in [-0.4, -0.2) is 56.0 Å². The molecule has 1 aliphatic rings. The first-order chi connectivity index (χ1) is 12.9. The van der Waals surface area contributed by atoms with Gasteiger partial charge in [0.05, 0.1) is 0 Å². The summed E-state index contributed by atoms with van der Waals surface area (Å²) in [7, 11) is 0. The fourth-order valence-corrected chi connectivity index (χ4v) is 3.74. The largest absolute Gasteiger partial charge is 0.352 e. The van der Waals surface area contributed by atoms with Gasteiger partial charge in [0.1, 0.15) is 5.82 Å². The van der Waals surface area contributed by atoms with Gasteiger partial charge in [0.2, 0.25) is 5.95 Å². The normalized spacial score (nSPS) is 14.9. The quantitative estimate of drug-likeness (QED) is 0.550. The van der Waals surface area contributed by atoms with E-state index in [0.29, 0.717) is 0 Å². The van der Waals surface area contributed by atoms with Crippen LogP contribution in [0.2, 0.25) is 0 Å². The van der Waals surface area contributed by atoms with Crippen molar-refractivity contribution in [2.24, 2.45) is 0 Å². The summed E-state index contributed by atoms with van der Waals surface area (Å²) in [4.78, 5) is 13.1. The van der Waals surface area contributed by atoms with Gasteiger partial charge in [0, 0.05) is 49.5 Å². The van der Waals surface area contributed by atoms with Crippen LogP contribution in [0.25, 0.3) is 17.0 Å². The van der Waals surface area contributed by atoms with Crippen LogP contribution < -0.4 is 9.80 Å². The van der Waals surface area contributed by atoms with Crippen molar-refractivity contribution in [1.29, 1.82) is 0 Å². The molecule has 4 aromatic rings. The summed E-state index contributed by atoms with van der Waals surface area (Å²) in [6.07, 6.45) is 3.56.